The monoisotopic (exact) mass is 238 g/mol. The molecule has 0 aliphatic carbocycles. The summed E-state index contributed by atoms with van der Waals surface area (Å²) in [6.07, 6.45) is 5.27. The molecule has 0 atom stereocenters. The molecule has 0 saturated carbocycles. The molecule has 0 unspecified atom stereocenters. The van der Waals surface area contributed by atoms with Gasteiger partial charge in [-0.15, -0.1) is 11.3 Å². The molecule has 0 radical (unpaired) electrons. The Morgan fingerprint density at radius 3 is 2.94 bits per heavy atom. The van der Waals surface area contributed by atoms with E-state index in [9.17, 15) is 0 Å². The second kappa shape index (κ2) is 7.05. The van der Waals surface area contributed by atoms with Crippen molar-refractivity contribution in [2.75, 3.05) is 26.2 Å². The summed E-state index contributed by atoms with van der Waals surface area (Å²) in [5, 5.41) is 9.13. The van der Waals surface area contributed by atoms with E-state index in [0.717, 1.165) is 12.5 Å². The van der Waals surface area contributed by atoms with Gasteiger partial charge in [0.1, 0.15) is 0 Å². The van der Waals surface area contributed by atoms with Gasteiger partial charge in [-0.1, -0.05) is 6.07 Å². The molecule has 1 aromatic heterocycles. The molecule has 16 heavy (non-hydrogen) atoms. The molecular weight excluding hydrogens is 216 g/mol. The lowest BCUT2D eigenvalue weighted by molar-refractivity contribution is 0.349. The van der Waals surface area contributed by atoms with E-state index >= 15 is 0 Å². The predicted molar refractivity (Wildman–Crippen MR) is 71.1 cm³/mol. The fourth-order valence-electron chi connectivity index (χ4n) is 2.27. The van der Waals surface area contributed by atoms with E-state index in [1.807, 2.05) is 11.3 Å². The Morgan fingerprint density at radius 1 is 1.31 bits per heavy atom. The molecule has 0 aromatic carbocycles. The van der Waals surface area contributed by atoms with Crippen LogP contribution >= 0.6 is 11.3 Å². The number of rotatable bonds is 6. The van der Waals surface area contributed by atoms with E-state index in [1.165, 1.54) is 50.2 Å². The van der Waals surface area contributed by atoms with Gasteiger partial charge in [0, 0.05) is 4.88 Å². The van der Waals surface area contributed by atoms with E-state index in [4.69, 9.17) is 0 Å². The summed E-state index contributed by atoms with van der Waals surface area (Å²) in [6.45, 7) is 4.77. The fraction of sp³-hybridized carbons (Fsp3) is 0.692. The zero-order valence-corrected chi connectivity index (χ0v) is 10.7. The van der Waals surface area contributed by atoms with Gasteiger partial charge < -0.3 is 10.6 Å². The molecule has 1 aliphatic rings. The number of thiophene rings is 1. The Kier molecular flexibility index (Phi) is 5.32. The van der Waals surface area contributed by atoms with Crippen LogP contribution in [0.5, 0.6) is 0 Å². The van der Waals surface area contributed by atoms with Crippen molar-refractivity contribution in [1.29, 1.82) is 0 Å². The van der Waals surface area contributed by atoms with E-state index < -0.39 is 0 Å². The van der Waals surface area contributed by atoms with Gasteiger partial charge in [0.05, 0.1) is 0 Å². The smallest absolute Gasteiger partial charge is 0.00578 e. The number of nitrogens with one attached hydrogen (secondary N) is 2. The first kappa shape index (κ1) is 12.1. The van der Waals surface area contributed by atoms with Gasteiger partial charge >= 0.3 is 0 Å². The van der Waals surface area contributed by atoms with Crippen LogP contribution in [0.25, 0.3) is 0 Å². The largest absolute Gasteiger partial charge is 0.317 e. The lowest BCUT2D eigenvalue weighted by atomic mass is 9.95. The van der Waals surface area contributed by atoms with E-state index in [-0.39, 0.29) is 0 Å². The average molecular weight is 238 g/mol. The first-order valence-corrected chi connectivity index (χ1v) is 7.27. The van der Waals surface area contributed by atoms with Crippen LogP contribution in [-0.4, -0.2) is 26.2 Å². The van der Waals surface area contributed by atoms with Gasteiger partial charge in [0.25, 0.3) is 0 Å². The van der Waals surface area contributed by atoms with Crippen molar-refractivity contribution in [3.63, 3.8) is 0 Å². The third kappa shape index (κ3) is 4.24. The second-order valence-electron chi connectivity index (χ2n) is 4.56. The topological polar surface area (TPSA) is 24.1 Å². The van der Waals surface area contributed by atoms with Gasteiger partial charge in [0.15, 0.2) is 0 Å². The Balaban J connectivity index is 1.48. The Labute approximate surface area is 102 Å². The number of hydrogen-bond acceptors (Lipinski definition) is 3. The zero-order chi connectivity index (χ0) is 11.1. The van der Waals surface area contributed by atoms with Crippen molar-refractivity contribution in [2.24, 2.45) is 5.92 Å². The molecule has 1 saturated heterocycles. The summed E-state index contributed by atoms with van der Waals surface area (Å²) in [6, 6.07) is 4.36. The van der Waals surface area contributed by atoms with Crippen LogP contribution < -0.4 is 10.6 Å². The highest BCUT2D eigenvalue weighted by atomic mass is 32.1. The van der Waals surface area contributed by atoms with Crippen molar-refractivity contribution in [3.05, 3.63) is 22.4 Å². The minimum Gasteiger partial charge on any atom is -0.317 e. The van der Waals surface area contributed by atoms with E-state index in [0.29, 0.717) is 0 Å². The van der Waals surface area contributed by atoms with Crippen molar-refractivity contribution < 1.29 is 0 Å². The summed E-state index contributed by atoms with van der Waals surface area (Å²) in [4.78, 5) is 1.49. The maximum Gasteiger partial charge on any atom is 0.00578 e. The van der Waals surface area contributed by atoms with Crippen LogP contribution in [0.1, 0.15) is 24.1 Å². The minimum atomic E-state index is 0.954. The molecule has 1 aliphatic heterocycles. The molecular formula is C13H22N2S. The van der Waals surface area contributed by atoms with Gasteiger partial charge in [-0.25, -0.2) is 0 Å². The third-order valence-corrected chi connectivity index (χ3v) is 4.25. The van der Waals surface area contributed by atoms with Crippen molar-refractivity contribution in [3.8, 4) is 0 Å². The maximum absolute atomic E-state index is 3.56. The highest BCUT2D eigenvalue weighted by molar-refractivity contribution is 7.09. The van der Waals surface area contributed by atoms with Gasteiger partial charge in [-0.05, 0) is 69.2 Å². The molecule has 2 heterocycles. The molecule has 1 aromatic rings. The van der Waals surface area contributed by atoms with Crippen LogP contribution in [0.4, 0.5) is 0 Å². The zero-order valence-electron chi connectivity index (χ0n) is 9.87. The molecule has 1 fully saturated rings. The van der Waals surface area contributed by atoms with Crippen LogP contribution in [-0.2, 0) is 6.42 Å². The third-order valence-electron chi connectivity index (χ3n) is 3.32. The summed E-state index contributed by atoms with van der Waals surface area (Å²) >= 11 is 1.86. The molecule has 90 valence electrons. The molecule has 3 heteroatoms. The average Bonchev–Trinajstić information content (AvgIpc) is 2.83. The minimum absolute atomic E-state index is 0.954. The molecule has 0 bridgehead atoms. The number of piperidine rings is 1. The molecule has 2 nitrogen and oxygen atoms in total. The molecule has 2 N–H and O–H groups in total. The van der Waals surface area contributed by atoms with Crippen LogP contribution in [0.15, 0.2) is 17.5 Å². The first-order valence-electron chi connectivity index (χ1n) is 6.39. The Hall–Kier alpha value is -0.380. The fourth-order valence-corrected chi connectivity index (χ4v) is 2.98. The normalized spacial score (nSPS) is 17.8. The van der Waals surface area contributed by atoms with Crippen LogP contribution in [0.3, 0.4) is 0 Å². The van der Waals surface area contributed by atoms with Crippen LogP contribution in [0.2, 0.25) is 0 Å². The quantitative estimate of drug-likeness (QED) is 0.743. The molecule has 0 amide bonds. The van der Waals surface area contributed by atoms with Gasteiger partial charge in [-0.3, -0.25) is 0 Å². The SMILES string of the molecule is c1csc(CCNCCC2CCNCC2)c1. The summed E-state index contributed by atoms with van der Waals surface area (Å²) < 4.78 is 0. The number of hydrogen-bond donors (Lipinski definition) is 2. The Bertz CT molecular complexity index is 265. The molecule has 2 rings (SSSR count). The maximum atomic E-state index is 3.56. The lowest BCUT2D eigenvalue weighted by Gasteiger charge is -2.22. The van der Waals surface area contributed by atoms with Gasteiger partial charge in [0.2, 0.25) is 0 Å². The standard InChI is InChI=1S/C13H22N2S/c1-2-13(16-11-1)6-10-15-9-5-12-3-7-14-8-4-12/h1-2,11-12,14-15H,3-10H2. The lowest BCUT2D eigenvalue weighted by Crippen LogP contribution is -2.30. The summed E-state index contributed by atoms with van der Waals surface area (Å²) in [7, 11) is 0. The van der Waals surface area contributed by atoms with Crippen molar-refractivity contribution in [2.45, 2.75) is 25.7 Å². The summed E-state index contributed by atoms with van der Waals surface area (Å²) in [5.41, 5.74) is 0. The highest BCUT2D eigenvalue weighted by Crippen LogP contribution is 2.14. The van der Waals surface area contributed by atoms with E-state index in [1.54, 1.807) is 0 Å². The van der Waals surface area contributed by atoms with Crippen LogP contribution in [0, 0.1) is 5.92 Å². The predicted octanol–water partition coefficient (Wildman–Crippen LogP) is 2.27. The molecule has 0 spiro atoms. The van der Waals surface area contributed by atoms with Crippen molar-refractivity contribution in [1.82, 2.24) is 10.6 Å². The second-order valence-corrected chi connectivity index (χ2v) is 5.59. The Morgan fingerprint density at radius 2 is 2.19 bits per heavy atom. The van der Waals surface area contributed by atoms with E-state index in [2.05, 4.69) is 28.1 Å². The summed E-state index contributed by atoms with van der Waals surface area (Å²) in [5.74, 6) is 0.954. The van der Waals surface area contributed by atoms with Gasteiger partial charge in [-0.2, -0.15) is 0 Å². The highest BCUT2D eigenvalue weighted by Gasteiger charge is 2.11. The first-order chi connectivity index (χ1) is 7.95. The van der Waals surface area contributed by atoms with Crippen molar-refractivity contribution >= 4 is 11.3 Å².